The molecule has 7 heteroatoms. The molecule has 1 amide bonds. The summed E-state index contributed by atoms with van der Waals surface area (Å²) in [5.41, 5.74) is 4.86. The lowest BCUT2D eigenvalue weighted by molar-refractivity contribution is -0.112. The Hall–Kier alpha value is -4.31. The number of carboxylic acids is 1. The zero-order valence-corrected chi connectivity index (χ0v) is 19.0. The van der Waals surface area contributed by atoms with E-state index >= 15 is 0 Å². The lowest BCUT2D eigenvalue weighted by Gasteiger charge is -2.13. The largest absolute Gasteiger partial charge is 0.494 e. The highest BCUT2D eigenvalue weighted by Crippen LogP contribution is 2.26. The van der Waals surface area contributed by atoms with Crippen molar-refractivity contribution in [3.63, 3.8) is 0 Å². The van der Waals surface area contributed by atoms with Gasteiger partial charge in [-0.1, -0.05) is 0 Å². The number of aryl methyl sites for hydroxylation is 2. The Morgan fingerprint density at radius 3 is 2.39 bits per heavy atom. The highest BCUT2D eigenvalue weighted by molar-refractivity contribution is 6.09. The van der Waals surface area contributed by atoms with Crippen molar-refractivity contribution in [2.24, 2.45) is 0 Å². The first kappa shape index (κ1) is 23.4. The maximum absolute atomic E-state index is 12.7. The average molecular weight is 444 g/mol. The number of carboxylic acid groups (broad SMARTS) is 1. The predicted molar refractivity (Wildman–Crippen MR) is 127 cm³/mol. The molecular formula is C26H25N3O4. The van der Waals surface area contributed by atoms with Crippen LogP contribution in [0.4, 0.5) is 5.69 Å². The van der Waals surface area contributed by atoms with Gasteiger partial charge in [-0.05, 0) is 93.4 Å². The molecule has 0 spiro atoms. The predicted octanol–water partition coefficient (Wildman–Crippen LogP) is 5.05. The molecule has 0 atom stereocenters. The van der Waals surface area contributed by atoms with Crippen LogP contribution in [-0.2, 0) is 4.79 Å². The summed E-state index contributed by atoms with van der Waals surface area (Å²) >= 11 is 0. The molecule has 168 valence electrons. The Morgan fingerprint density at radius 2 is 1.82 bits per heavy atom. The third kappa shape index (κ3) is 5.13. The van der Waals surface area contributed by atoms with Crippen LogP contribution in [0.25, 0.3) is 11.8 Å². The normalized spacial score (nSPS) is 11.1. The first-order valence-electron chi connectivity index (χ1n) is 10.4. The van der Waals surface area contributed by atoms with Crippen molar-refractivity contribution in [3.8, 4) is 17.5 Å². The molecule has 0 aliphatic carbocycles. The van der Waals surface area contributed by atoms with Crippen LogP contribution in [0.2, 0.25) is 0 Å². The van der Waals surface area contributed by atoms with Crippen LogP contribution in [0, 0.1) is 32.1 Å². The second-order valence-corrected chi connectivity index (χ2v) is 7.55. The third-order valence-corrected chi connectivity index (χ3v) is 5.24. The van der Waals surface area contributed by atoms with E-state index in [4.69, 9.17) is 4.74 Å². The van der Waals surface area contributed by atoms with Crippen LogP contribution >= 0.6 is 0 Å². The maximum Gasteiger partial charge on any atom is 0.335 e. The van der Waals surface area contributed by atoms with E-state index in [-0.39, 0.29) is 11.1 Å². The van der Waals surface area contributed by atoms with E-state index in [1.807, 2.05) is 44.4 Å². The number of carbonyl (C=O) groups is 2. The highest BCUT2D eigenvalue weighted by Gasteiger charge is 2.16. The number of hydrogen-bond donors (Lipinski definition) is 2. The fourth-order valence-electron chi connectivity index (χ4n) is 3.65. The van der Waals surface area contributed by atoms with Crippen LogP contribution in [0.3, 0.4) is 0 Å². The molecule has 1 aromatic heterocycles. The van der Waals surface area contributed by atoms with Crippen LogP contribution in [-0.4, -0.2) is 28.2 Å². The molecule has 0 aliphatic rings. The number of ether oxygens (including phenoxy) is 1. The average Bonchev–Trinajstić information content (AvgIpc) is 3.06. The minimum absolute atomic E-state index is 0.0259. The number of nitrogens with zero attached hydrogens (tertiary/aromatic N) is 2. The number of rotatable bonds is 7. The topological polar surface area (TPSA) is 104 Å². The molecule has 2 N–H and O–H groups in total. The van der Waals surface area contributed by atoms with Crippen molar-refractivity contribution in [2.75, 3.05) is 11.9 Å². The summed E-state index contributed by atoms with van der Waals surface area (Å²) in [6.07, 6.45) is 1.56. The smallest absolute Gasteiger partial charge is 0.335 e. The Balaban J connectivity index is 1.90. The van der Waals surface area contributed by atoms with Crippen molar-refractivity contribution in [3.05, 3.63) is 82.2 Å². The lowest BCUT2D eigenvalue weighted by Crippen LogP contribution is -2.13. The SMILES string of the molecule is CCOc1ccc(NC(=O)/C(C#N)=C\c2cc(C)n(-c3ccc(C(=O)O)cc3C)c2C)cc1. The van der Waals surface area contributed by atoms with Gasteiger partial charge in [0.2, 0.25) is 0 Å². The van der Waals surface area contributed by atoms with Crippen LogP contribution < -0.4 is 10.1 Å². The van der Waals surface area contributed by atoms with Gasteiger partial charge < -0.3 is 19.7 Å². The van der Waals surface area contributed by atoms with Gasteiger partial charge in [0.15, 0.2) is 0 Å². The van der Waals surface area contributed by atoms with Crippen molar-refractivity contribution < 1.29 is 19.4 Å². The minimum atomic E-state index is -0.980. The first-order chi connectivity index (χ1) is 15.7. The first-order valence-corrected chi connectivity index (χ1v) is 10.4. The molecule has 7 nitrogen and oxygen atoms in total. The fraction of sp³-hybridized carbons (Fsp3) is 0.192. The number of anilines is 1. The number of hydrogen-bond acceptors (Lipinski definition) is 4. The van der Waals surface area contributed by atoms with E-state index in [9.17, 15) is 20.0 Å². The number of aromatic carboxylic acids is 1. The van der Waals surface area contributed by atoms with Gasteiger partial charge >= 0.3 is 5.97 Å². The zero-order chi connectivity index (χ0) is 24.1. The molecule has 3 aromatic rings. The lowest BCUT2D eigenvalue weighted by atomic mass is 10.1. The van der Waals surface area contributed by atoms with Gasteiger partial charge in [0.1, 0.15) is 17.4 Å². The van der Waals surface area contributed by atoms with E-state index in [1.54, 1.807) is 48.5 Å². The van der Waals surface area contributed by atoms with Crippen molar-refractivity contribution >= 4 is 23.6 Å². The van der Waals surface area contributed by atoms with E-state index in [0.717, 1.165) is 28.2 Å². The van der Waals surface area contributed by atoms with Gasteiger partial charge in [-0.25, -0.2) is 4.79 Å². The number of carbonyl (C=O) groups excluding carboxylic acids is 1. The minimum Gasteiger partial charge on any atom is -0.494 e. The monoisotopic (exact) mass is 443 g/mol. The molecule has 0 bridgehead atoms. The van der Waals surface area contributed by atoms with Crippen molar-refractivity contribution in [1.82, 2.24) is 4.57 Å². The second-order valence-electron chi connectivity index (χ2n) is 7.55. The summed E-state index contributed by atoms with van der Waals surface area (Å²) in [5, 5.41) is 21.5. The summed E-state index contributed by atoms with van der Waals surface area (Å²) in [6, 6.07) is 15.7. The van der Waals surface area contributed by atoms with E-state index in [2.05, 4.69) is 5.32 Å². The van der Waals surface area contributed by atoms with Gasteiger partial charge in [-0.3, -0.25) is 4.79 Å². The van der Waals surface area contributed by atoms with Gasteiger partial charge in [0, 0.05) is 22.8 Å². The van der Waals surface area contributed by atoms with Crippen LogP contribution in [0.5, 0.6) is 5.75 Å². The second kappa shape index (κ2) is 9.88. The molecule has 0 saturated carbocycles. The molecule has 0 radical (unpaired) electrons. The molecule has 33 heavy (non-hydrogen) atoms. The molecule has 1 heterocycles. The zero-order valence-electron chi connectivity index (χ0n) is 19.0. The van der Waals surface area contributed by atoms with E-state index in [0.29, 0.717) is 18.0 Å². The van der Waals surface area contributed by atoms with E-state index < -0.39 is 11.9 Å². The molecule has 3 rings (SSSR count). The number of amides is 1. The van der Waals surface area contributed by atoms with Crippen molar-refractivity contribution in [1.29, 1.82) is 5.26 Å². The summed E-state index contributed by atoms with van der Waals surface area (Å²) in [5.74, 6) is -0.787. The molecule has 0 saturated heterocycles. The number of aromatic nitrogens is 1. The standard InChI is InChI=1S/C26H25N3O4/c1-5-33-23-9-7-22(8-10-23)28-25(30)21(15-27)14-20-13-17(3)29(18(20)4)24-11-6-19(26(31)32)12-16(24)2/h6-14H,5H2,1-4H3,(H,28,30)(H,31,32)/b21-14-. The summed E-state index contributed by atoms with van der Waals surface area (Å²) < 4.78 is 7.37. The number of nitrogens with one attached hydrogen (secondary N) is 1. The van der Waals surface area contributed by atoms with Gasteiger partial charge in [0.05, 0.1) is 12.2 Å². The Labute approximate surface area is 192 Å². The highest BCUT2D eigenvalue weighted by atomic mass is 16.5. The van der Waals surface area contributed by atoms with Gasteiger partial charge in [-0.15, -0.1) is 0 Å². The summed E-state index contributed by atoms with van der Waals surface area (Å²) in [7, 11) is 0. The van der Waals surface area contributed by atoms with Crippen molar-refractivity contribution in [2.45, 2.75) is 27.7 Å². The fourth-order valence-corrected chi connectivity index (χ4v) is 3.65. The Kier molecular flexibility index (Phi) is 6.99. The Bertz CT molecular complexity index is 1280. The van der Waals surface area contributed by atoms with Gasteiger partial charge in [0.25, 0.3) is 5.91 Å². The van der Waals surface area contributed by atoms with Gasteiger partial charge in [-0.2, -0.15) is 5.26 Å². The third-order valence-electron chi connectivity index (χ3n) is 5.24. The number of nitriles is 1. The van der Waals surface area contributed by atoms with E-state index in [1.165, 1.54) is 0 Å². The summed E-state index contributed by atoms with van der Waals surface area (Å²) in [6.45, 7) is 8.10. The van der Waals surface area contributed by atoms with Crippen LogP contribution in [0.15, 0.2) is 54.1 Å². The molecule has 2 aromatic carbocycles. The molecule has 0 unspecified atom stereocenters. The molecular weight excluding hydrogens is 418 g/mol. The summed E-state index contributed by atoms with van der Waals surface area (Å²) in [4.78, 5) is 23.9. The van der Waals surface area contributed by atoms with Crippen LogP contribution in [0.1, 0.15) is 39.8 Å². The molecule has 0 fully saturated rings. The molecule has 0 aliphatic heterocycles. The number of benzene rings is 2. The Morgan fingerprint density at radius 1 is 1.12 bits per heavy atom. The maximum atomic E-state index is 12.7. The quantitative estimate of drug-likeness (QED) is 0.393.